The molecule has 0 fully saturated rings. The molecule has 8 heteroatoms. The van der Waals surface area contributed by atoms with Crippen molar-refractivity contribution in [3.05, 3.63) is 76.2 Å². The molecule has 0 atom stereocenters. The van der Waals surface area contributed by atoms with Gasteiger partial charge in [0.05, 0.1) is 6.54 Å². The number of rotatable bonds is 6. The number of hydrogen-bond acceptors (Lipinski definition) is 4. The molecule has 0 saturated carbocycles. The molecule has 3 rings (SSSR count). The van der Waals surface area contributed by atoms with Crippen LogP contribution in [-0.4, -0.2) is 21.0 Å². The standard InChI is InChI=1S/C19H16ClFN2O4/c1-12-8-18(27-19(24)25)22-23(12)10-14-9-15(21)6-7-17(14)26-11-13-4-2-3-5-16(13)20/h2-9H,10-11H2,1H3,(H,24,25). The number of nitrogens with zero attached hydrogens (tertiary/aromatic N) is 2. The average molecular weight is 391 g/mol. The van der Waals surface area contributed by atoms with Crippen LogP contribution in [0.5, 0.6) is 11.6 Å². The van der Waals surface area contributed by atoms with E-state index in [0.29, 0.717) is 22.0 Å². The molecule has 0 spiro atoms. The summed E-state index contributed by atoms with van der Waals surface area (Å²) in [6.07, 6.45) is -1.45. The molecular weight excluding hydrogens is 375 g/mol. The van der Waals surface area contributed by atoms with E-state index in [1.807, 2.05) is 18.2 Å². The molecule has 2 aromatic carbocycles. The van der Waals surface area contributed by atoms with Gasteiger partial charge in [0.25, 0.3) is 0 Å². The van der Waals surface area contributed by atoms with Crippen molar-refractivity contribution in [2.75, 3.05) is 0 Å². The summed E-state index contributed by atoms with van der Waals surface area (Å²) in [5.74, 6) is 0.0174. The lowest BCUT2D eigenvalue weighted by molar-refractivity contribution is 0.142. The molecular formula is C19H16ClFN2O4. The first kappa shape index (κ1) is 18.7. The van der Waals surface area contributed by atoms with Gasteiger partial charge in [-0.1, -0.05) is 29.8 Å². The highest BCUT2D eigenvalue weighted by Gasteiger charge is 2.13. The Labute approximate surface area is 159 Å². The fourth-order valence-corrected chi connectivity index (χ4v) is 2.71. The Morgan fingerprint density at radius 1 is 1.22 bits per heavy atom. The second-order valence-electron chi connectivity index (χ2n) is 5.78. The third-order valence-corrected chi connectivity index (χ3v) is 4.20. The topological polar surface area (TPSA) is 73.6 Å². The summed E-state index contributed by atoms with van der Waals surface area (Å²) in [4.78, 5) is 10.6. The molecule has 0 aliphatic rings. The molecule has 1 heterocycles. The van der Waals surface area contributed by atoms with Crippen LogP contribution < -0.4 is 9.47 Å². The molecule has 3 aromatic rings. The maximum Gasteiger partial charge on any atom is 0.512 e. The van der Waals surface area contributed by atoms with E-state index in [1.54, 1.807) is 13.0 Å². The van der Waals surface area contributed by atoms with Crippen LogP contribution in [0.4, 0.5) is 9.18 Å². The van der Waals surface area contributed by atoms with Gasteiger partial charge in [0, 0.05) is 27.9 Å². The number of carbonyl (C=O) groups is 1. The largest absolute Gasteiger partial charge is 0.512 e. The van der Waals surface area contributed by atoms with Crippen molar-refractivity contribution in [3.8, 4) is 11.6 Å². The summed E-state index contributed by atoms with van der Waals surface area (Å²) in [5.41, 5.74) is 2.02. The molecule has 0 bridgehead atoms. The Morgan fingerprint density at radius 2 is 2.00 bits per heavy atom. The molecule has 0 aliphatic heterocycles. The number of halogens is 2. The van der Waals surface area contributed by atoms with E-state index >= 15 is 0 Å². The van der Waals surface area contributed by atoms with E-state index in [2.05, 4.69) is 9.84 Å². The van der Waals surface area contributed by atoms with Gasteiger partial charge < -0.3 is 14.6 Å². The second kappa shape index (κ2) is 8.09. The quantitative estimate of drug-likeness (QED) is 0.619. The van der Waals surface area contributed by atoms with Crippen LogP contribution in [-0.2, 0) is 13.2 Å². The molecule has 0 saturated heterocycles. The summed E-state index contributed by atoms with van der Waals surface area (Å²) in [6, 6.07) is 13.0. The molecule has 140 valence electrons. The molecule has 27 heavy (non-hydrogen) atoms. The maximum absolute atomic E-state index is 13.7. The molecule has 1 N–H and O–H groups in total. The SMILES string of the molecule is Cc1cc(OC(=O)O)nn1Cc1cc(F)ccc1OCc1ccccc1Cl. The molecule has 0 aliphatic carbocycles. The van der Waals surface area contributed by atoms with E-state index in [9.17, 15) is 9.18 Å². The monoisotopic (exact) mass is 390 g/mol. The number of aromatic nitrogens is 2. The minimum absolute atomic E-state index is 0.0464. The zero-order valence-corrected chi connectivity index (χ0v) is 15.1. The first-order valence-corrected chi connectivity index (χ1v) is 8.40. The van der Waals surface area contributed by atoms with Crippen LogP contribution in [0, 0.1) is 12.7 Å². The Balaban J connectivity index is 1.81. The number of ether oxygens (including phenoxy) is 2. The van der Waals surface area contributed by atoms with Crippen LogP contribution in [0.15, 0.2) is 48.5 Å². The zero-order valence-electron chi connectivity index (χ0n) is 14.4. The Bertz CT molecular complexity index is 974. The summed E-state index contributed by atoms with van der Waals surface area (Å²) in [6.45, 7) is 2.15. The van der Waals surface area contributed by atoms with Crippen molar-refractivity contribution < 1.29 is 23.8 Å². The molecule has 0 radical (unpaired) electrons. The van der Waals surface area contributed by atoms with Gasteiger partial charge in [0.15, 0.2) is 0 Å². The van der Waals surface area contributed by atoms with Crippen LogP contribution in [0.1, 0.15) is 16.8 Å². The van der Waals surface area contributed by atoms with E-state index in [4.69, 9.17) is 21.4 Å². The summed E-state index contributed by atoms with van der Waals surface area (Å²) in [5, 5.41) is 13.3. The van der Waals surface area contributed by atoms with Crippen LogP contribution in [0.25, 0.3) is 0 Å². The molecule has 6 nitrogen and oxygen atoms in total. The first-order valence-electron chi connectivity index (χ1n) is 8.02. The number of carboxylic acid groups (broad SMARTS) is 1. The van der Waals surface area contributed by atoms with Crippen molar-refractivity contribution in [2.24, 2.45) is 0 Å². The van der Waals surface area contributed by atoms with Crippen molar-refractivity contribution in [1.82, 2.24) is 9.78 Å². The first-order chi connectivity index (χ1) is 12.9. The second-order valence-corrected chi connectivity index (χ2v) is 6.19. The summed E-state index contributed by atoms with van der Waals surface area (Å²) in [7, 11) is 0. The highest BCUT2D eigenvalue weighted by molar-refractivity contribution is 6.31. The fourth-order valence-electron chi connectivity index (χ4n) is 2.52. The van der Waals surface area contributed by atoms with Gasteiger partial charge in [-0.3, -0.25) is 4.68 Å². The number of hydrogen-bond donors (Lipinski definition) is 1. The predicted molar refractivity (Wildman–Crippen MR) is 96.9 cm³/mol. The Morgan fingerprint density at radius 3 is 2.74 bits per heavy atom. The van der Waals surface area contributed by atoms with Crippen LogP contribution in [0.2, 0.25) is 5.02 Å². The maximum atomic E-state index is 13.7. The van der Waals surface area contributed by atoms with Crippen LogP contribution in [0.3, 0.4) is 0 Å². The van der Waals surface area contributed by atoms with Crippen molar-refractivity contribution in [2.45, 2.75) is 20.1 Å². The summed E-state index contributed by atoms with van der Waals surface area (Å²) < 4.78 is 25.6. The Hall–Kier alpha value is -3.06. The lowest BCUT2D eigenvalue weighted by atomic mass is 10.2. The van der Waals surface area contributed by atoms with E-state index in [0.717, 1.165) is 5.56 Å². The van der Waals surface area contributed by atoms with Gasteiger partial charge in [-0.2, -0.15) is 0 Å². The van der Waals surface area contributed by atoms with Gasteiger partial charge in [-0.15, -0.1) is 5.10 Å². The van der Waals surface area contributed by atoms with Crippen molar-refractivity contribution in [3.63, 3.8) is 0 Å². The normalized spacial score (nSPS) is 10.6. The average Bonchev–Trinajstić information content (AvgIpc) is 2.94. The van der Waals surface area contributed by atoms with Gasteiger partial charge in [0.1, 0.15) is 18.2 Å². The Kier molecular flexibility index (Phi) is 5.61. The highest BCUT2D eigenvalue weighted by atomic mass is 35.5. The lowest BCUT2D eigenvalue weighted by Crippen LogP contribution is -2.08. The summed E-state index contributed by atoms with van der Waals surface area (Å²) >= 11 is 6.13. The van der Waals surface area contributed by atoms with Gasteiger partial charge in [-0.05, 0) is 31.2 Å². The predicted octanol–water partition coefficient (Wildman–Crippen LogP) is 4.67. The number of aryl methyl sites for hydroxylation is 1. The van der Waals surface area contributed by atoms with Crippen molar-refractivity contribution >= 4 is 17.8 Å². The molecule has 0 amide bonds. The molecule has 0 unspecified atom stereocenters. The zero-order chi connectivity index (χ0) is 19.4. The van der Waals surface area contributed by atoms with E-state index in [1.165, 1.54) is 28.9 Å². The van der Waals surface area contributed by atoms with E-state index in [-0.39, 0.29) is 19.0 Å². The third-order valence-electron chi connectivity index (χ3n) is 3.83. The third kappa shape index (κ3) is 4.77. The molecule has 1 aromatic heterocycles. The fraction of sp³-hybridized carbons (Fsp3) is 0.158. The smallest absolute Gasteiger partial charge is 0.488 e. The minimum Gasteiger partial charge on any atom is -0.488 e. The minimum atomic E-state index is -1.45. The van der Waals surface area contributed by atoms with Crippen LogP contribution >= 0.6 is 11.6 Å². The van der Waals surface area contributed by atoms with Gasteiger partial charge in [0.2, 0.25) is 5.88 Å². The number of benzene rings is 2. The van der Waals surface area contributed by atoms with Gasteiger partial charge >= 0.3 is 6.16 Å². The van der Waals surface area contributed by atoms with E-state index < -0.39 is 12.0 Å². The highest BCUT2D eigenvalue weighted by Crippen LogP contribution is 2.25. The lowest BCUT2D eigenvalue weighted by Gasteiger charge is -2.13. The van der Waals surface area contributed by atoms with Gasteiger partial charge in [-0.25, -0.2) is 9.18 Å². The van der Waals surface area contributed by atoms with Crippen molar-refractivity contribution in [1.29, 1.82) is 0 Å².